The van der Waals surface area contributed by atoms with Crippen molar-refractivity contribution in [1.82, 2.24) is 5.32 Å². The maximum absolute atomic E-state index is 14.1. The van der Waals surface area contributed by atoms with E-state index in [4.69, 9.17) is 9.47 Å². The fraction of sp³-hybridized carbons (Fsp3) is 0.536. The van der Waals surface area contributed by atoms with Crippen LogP contribution in [0.15, 0.2) is 69.0 Å². The largest absolute Gasteiger partial charge is 0.481 e. The van der Waals surface area contributed by atoms with Gasteiger partial charge in [-0.3, -0.25) is 9.79 Å². The third-order valence-corrected chi connectivity index (χ3v) is 5.91. The Bertz CT molecular complexity index is 972. The van der Waals surface area contributed by atoms with Crippen molar-refractivity contribution in [1.29, 1.82) is 0 Å². The molecule has 0 spiro atoms. The number of alkyl halides is 1. The van der Waals surface area contributed by atoms with Gasteiger partial charge < -0.3 is 14.8 Å². The summed E-state index contributed by atoms with van der Waals surface area (Å²) in [7, 11) is 1.62. The van der Waals surface area contributed by atoms with E-state index < -0.39 is 5.67 Å². The first-order valence-corrected chi connectivity index (χ1v) is 11.9. The number of nitrogens with zero attached hydrogens (tertiary/aromatic N) is 2. The standard InChI is InChI=1S/C28H42FN3O3/c1-11-23(27(7,8)29)13-14-30-22(6)25(33)32-21(5)15-19(3)20(4)16-31-26(34-10)24(12-2)28(9)17-35-18-28/h11-16,21H,17-18H2,1-10H3,(H,32,33)/b14-13-,19-15+,20-16+,23-11+,24-12+,30-22+,31-26+. The van der Waals surface area contributed by atoms with Crippen molar-refractivity contribution >= 4 is 17.5 Å². The zero-order valence-electron chi connectivity index (χ0n) is 23.0. The molecular weight excluding hydrogens is 445 g/mol. The van der Waals surface area contributed by atoms with Gasteiger partial charge >= 0.3 is 0 Å². The summed E-state index contributed by atoms with van der Waals surface area (Å²) in [5.41, 5.74) is 2.20. The lowest BCUT2D eigenvalue weighted by Gasteiger charge is -2.39. The number of allylic oxidation sites excluding steroid dienone is 6. The monoisotopic (exact) mass is 487 g/mol. The molecule has 0 aromatic heterocycles. The van der Waals surface area contributed by atoms with Gasteiger partial charge in [-0.1, -0.05) is 25.2 Å². The highest BCUT2D eigenvalue weighted by atomic mass is 19.1. The number of hydrogen-bond acceptors (Lipinski definition) is 5. The van der Waals surface area contributed by atoms with E-state index in [1.54, 1.807) is 39.3 Å². The van der Waals surface area contributed by atoms with E-state index in [0.29, 0.717) is 30.4 Å². The Hall–Kier alpha value is -2.80. The van der Waals surface area contributed by atoms with Gasteiger partial charge in [0.25, 0.3) is 5.91 Å². The summed E-state index contributed by atoms with van der Waals surface area (Å²) in [4.78, 5) is 21.2. The van der Waals surface area contributed by atoms with Crippen LogP contribution in [-0.4, -0.2) is 49.6 Å². The molecule has 1 fully saturated rings. The number of carbonyl (C=O) groups is 1. The lowest BCUT2D eigenvalue weighted by atomic mass is 9.80. The summed E-state index contributed by atoms with van der Waals surface area (Å²) in [6.45, 7) is 17.6. The molecular formula is C28H42FN3O3. The van der Waals surface area contributed by atoms with E-state index in [-0.39, 0.29) is 17.4 Å². The molecule has 1 amide bonds. The minimum atomic E-state index is -1.47. The molecule has 1 heterocycles. The van der Waals surface area contributed by atoms with E-state index in [0.717, 1.165) is 16.7 Å². The predicted octanol–water partition coefficient (Wildman–Crippen LogP) is 6.04. The maximum atomic E-state index is 14.1. The topological polar surface area (TPSA) is 72.3 Å². The average molecular weight is 488 g/mol. The first-order chi connectivity index (χ1) is 16.3. The molecule has 35 heavy (non-hydrogen) atoms. The van der Waals surface area contributed by atoms with Crippen LogP contribution in [0.3, 0.4) is 0 Å². The molecule has 1 aliphatic heterocycles. The van der Waals surface area contributed by atoms with Crippen LogP contribution in [0.1, 0.15) is 62.3 Å². The third kappa shape index (κ3) is 9.06. The quantitative estimate of drug-likeness (QED) is 0.232. The van der Waals surface area contributed by atoms with Crippen molar-refractivity contribution in [3.63, 3.8) is 0 Å². The lowest BCUT2D eigenvalue weighted by molar-refractivity contribution is -0.115. The zero-order chi connectivity index (χ0) is 26.8. The summed E-state index contributed by atoms with van der Waals surface area (Å²) in [6, 6.07) is -0.223. The lowest BCUT2D eigenvalue weighted by Crippen LogP contribution is -2.43. The highest BCUT2D eigenvalue weighted by Crippen LogP contribution is 2.36. The van der Waals surface area contributed by atoms with Crippen LogP contribution in [0.2, 0.25) is 0 Å². The minimum Gasteiger partial charge on any atom is -0.481 e. The van der Waals surface area contributed by atoms with Crippen molar-refractivity contribution in [2.45, 2.75) is 74.0 Å². The molecule has 1 aliphatic rings. The summed E-state index contributed by atoms with van der Waals surface area (Å²) in [5, 5.41) is 2.91. The van der Waals surface area contributed by atoms with Crippen molar-refractivity contribution < 1.29 is 18.7 Å². The molecule has 1 atom stereocenters. The van der Waals surface area contributed by atoms with Gasteiger partial charge in [-0.05, 0) is 78.2 Å². The second-order valence-corrected chi connectivity index (χ2v) is 9.56. The molecule has 1 unspecified atom stereocenters. The molecule has 0 aliphatic carbocycles. The Morgan fingerprint density at radius 1 is 1.14 bits per heavy atom. The van der Waals surface area contributed by atoms with Crippen LogP contribution in [0.4, 0.5) is 4.39 Å². The Kier molecular flexibility index (Phi) is 11.5. The van der Waals surface area contributed by atoms with Crippen molar-refractivity contribution in [2.75, 3.05) is 20.3 Å². The first kappa shape index (κ1) is 30.2. The van der Waals surface area contributed by atoms with Crippen LogP contribution in [0.5, 0.6) is 0 Å². The van der Waals surface area contributed by atoms with E-state index in [2.05, 4.69) is 22.2 Å². The van der Waals surface area contributed by atoms with E-state index >= 15 is 0 Å². The molecule has 0 saturated carbocycles. The summed E-state index contributed by atoms with van der Waals surface area (Å²) in [6.07, 6.45) is 10.5. The van der Waals surface area contributed by atoms with Crippen LogP contribution in [-0.2, 0) is 14.3 Å². The van der Waals surface area contributed by atoms with Gasteiger partial charge in [0.1, 0.15) is 11.4 Å². The van der Waals surface area contributed by atoms with Crippen molar-refractivity contribution in [3.8, 4) is 0 Å². The second kappa shape index (κ2) is 13.3. The summed E-state index contributed by atoms with van der Waals surface area (Å²) in [5.74, 6) is 0.284. The molecule has 1 rings (SSSR count). The number of carbonyl (C=O) groups excluding carboxylic acids is 1. The molecule has 1 N–H and O–H groups in total. The van der Waals surface area contributed by atoms with E-state index in [9.17, 15) is 9.18 Å². The summed E-state index contributed by atoms with van der Waals surface area (Å²) < 4.78 is 25.0. The Labute approximate surface area is 210 Å². The highest BCUT2D eigenvalue weighted by molar-refractivity contribution is 6.38. The molecule has 0 radical (unpaired) electrons. The second-order valence-electron chi connectivity index (χ2n) is 9.56. The average Bonchev–Trinajstić information content (AvgIpc) is 2.76. The number of aliphatic imine (C=N–C) groups is 2. The van der Waals surface area contributed by atoms with Gasteiger partial charge in [0, 0.05) is 29.4 Å². The van der Waals surface area contributed by atoms with Gasteiger partial charge in [0.2, 0.25) is 5.90 Å². The Balaban J connectivity index is 2.87. The predicted molar refractivity (Wildman–Crippen MR) is 143 cm³/mol. The fourth-order valence-corrected chi connectivity index (χ4v) is 3.57. The summed E-state index contributed by atoms with van der Waals surface area (Å²) >= 11 is 0. The van der Waals surface area contributed by atoms with Gasteiger partial charge in [0.05, 0.1) is 20.3 Å². The van der Waals surface area contributed by atoms with Gasteiger partial charge in [-0.2, -0.15) is 0 Å². The smallest absolute Gasteiger partial charge is 0.265 e. The number of amides is 1. The molecule has 6 nitrogen and oxygen atoms in total. The SMILES string of the molecule is C\C=C(/C(=N\C=C(C)\C(C)=C\C(C)NC(=O)/C(C)=N/C=C\C(=C/C)C(C)(C)F)OC)C1(C)COC1. The number of ether oxygens (including phenoxy) is 2. The van der Waals surface area contributed by atoms with E-state index in [1.165, 1.54) is 20.0 Å². The van der Waals surface area contributed by atoms with Gasteiger partial charge in [-0.15, -0.1) is 0 Å². The molecule has 0 bridgehead atoms. The van der Waals surface area contributed by atoms with Crippen molar-refractivity contribution in [2.24, 2.45) is 15.4 Å². The minimum absolute atomic E-state index is 0.0832. The normalized spacial score (nSPS) is 19.5. The van der Waals surface area contributed by atoms with Crippen LogP contribution < -0.4 is 5.32 Å². The molecule has 7 heteroatoms. The van der Waals surface area contributed by atoms with Crippen LogP contribution >= 0.6 is 0 Å². The van der Waals surface area contributed by atoms with E-state index in [1.807, 2.05) is 39.8 Å². The highest BCUT2D eigenvalue weighted by Gasteiger charge is 2.39. The molecule has 0 aromatic rings. The molecule has 194 valence electrons. The number of rotatable bonds is 10. The number of nitrogens with one attached hydrogen (secondary N) is 1. The fourth-order valence-electron chi connectivity index (χ4n) is 3.57. The number of hydrogen-bond donors (Lipinski definition) is 1. The Morgan fingerprint density at radius 3 is 2.23 bits per heavy atom. The zero-order valence-corrected chi connectivity index (χ0v) is 23.0. The van der Waals surface area contributed by atoms with Crippen LogP contribution in [0.25, 0.3) is 0 Å². The first-order valence-electron chi connectivity index (χ1n) is 11.9. The van der Waals surface area contributed by atoms with Gasteiger partial charge in [0.15, 0.2) is 0 Å². The molecule has 1 saturated heterocycles. The third-order valence-electron chi connectivity index (χ3n) is 5.91. The van der Waals surface area contributed by atoms with Crippen LogP contribution in [0, 0.1) is 5.41 Å². The Morgan fingerprint density at radius 2 is 1.77 bits per heavy atom. The number of methoxy groups -OCH3 is 1. The number of halogens is 1. The van der Waals surface area contributed by atoms with Gasteiger partial charge in [-0.25, -0.2) is 9.38 Å². The maximum Gasteiger partial charge on any atom is 0.265 e. The van der Waals surface area contributed by atoms with Crippen molar-refractivity contribution in [3.05, 3.63) is 59.0 Å². The molecule has 0 aromatic carbocycles.